The quantitative estimate of drug-likeness (QED) is 0.860. The van der Waals surface area contributed by atoms with Crippen LogP contribution in [0.2, 0.25) is 5.02 Å². The SMILES string of the molecule is CCc1ccccc1OCC(=O)Nc1cc(C)c(Cl)cc1OC. The lowest BCUT2D eigenvalue weighted by Gasteiger charge is -2.13. The summed E-state index contributed by atoms with van der Waals surface area (Å²) in [5.74, 6) is 0.989. The average Bonchev–Trinajstić information content (AvgIpc) is 2.56. The van der Waals surface area contributed by atoms with Crippen molar-refractivity contribution in [2.24, 2.45) is 0 Å². The third kappa shape index (κ3) is 4.39. The van der Waals surface area contributed by atoms with Gasteiger partial charge in [-0.3, -0.25) is 4.79 Å². The third-order valence-corrected chi connectivity index (χ3v) is 3.87. The maximum atomic E-state index is 12.1. The molecule has 0 aliphatic carbocycles. The summed E-state index contributed by atoms with van der Waals surface area (Å²) >= 11 is 6.06. The number of hydrogen-bond acceptors (Lipinski definition) is 3. The molecule has 0 bridgehead atoms. The monoisotopic (exact) mass is 333 g/mol. The first kappa shape index (κ1) is 17.2. The summed E-state index contributed by atoms with van der Waals surface area (Å²) in [5.41, 5.74) is 2.51. The van der Waals surface area contributed by atoms with Crippen LogP contribution in [0.4, 0.5) is 5.69 Å². The highest BCUT2D eigenvalue weighted by molar-refractivity contribution is 6.31. The van der Waals surface area contributed by atoms with Crippen molar-refractivity contribution in [3.8, 4) is 11.5 Å². The number of carbonyl (C=O) groups is 1. The maximum Gasteiger partial charge on any atom is 0.262 e. The Labute approximate surface area is 141 Å². The van der Waals surface area contributed by atoms with E-state index in [1.165, 1.54) is 7.11 Å². The van der Waals surface area contributed by atoms with Crippen LogP contribution in [0, 0.1) is 6.92 Å². The molecule has 0 saturated heterocycles. The predicted octanol–water partition coefficient (Wildman–Crippen LogP) is 4.24. The average molecular weight is 334 g/mol. The summed E-state index contributed by atoms with van der Waals surface area (Å²) in [6.07, 6.45) is 0.849. The molecule has 0 spiro atoms. The zero-order valence-corrected chi connectivity index (χ0v) is 14.2. The Bertz CT molecular complexity index is 701. The first-order chi connectivity index (χ1) is 11.0. The van der Waals surface area contributed by atoms with E-state index in [0.29, 0.717) is 16.5 Å². The molecule has 0 aliphatic rings. The number of benzene rings is 2. The highest BCUT2D eigenvalue weighted by Gasteiger charge is 2.11. The predicted molar refractivity (Wildman–Crippen MR) is 92.7 cm³/mol. The lowest BCUT2D eigenvalue weighted by Crippen LogP contribution is -2.21. The van der Waals surface area contributed by atoms with E-state index in [1.54, 1.807) is 12.1 Å². The Kier molecular flexibility index (Phi) is 5.88. The van der Waals surface area contributed by atoms with Gasteiger partial charge in [0, 0.05) is 11.1 Å². The molecule has 0 fully saturated rings. The van der Waals surface area contributed by atoms with Crippen molar-refractivity contribution in [1.82, 2.24) is 0 Å². The van der Waals surface area contributed by atoms with E-state index in [1.807, 2.05) is 38.1 Å². The fraction of sp³-hybridized carbons (Fsp3) is 0.278. The van der Waals surface area contributed by atoms with E-state index in [4.69, 9.17) is 21.1 Å². The van der Waals surface area contributed by atoms with Crippen molar-refractivity contribution in [2.75, 3.05) is 19.0 Å². The molecule has 0 heterocycles. The van der Waals surface area contributed by atoms with E-state index in [0.717, 1.165) is 23.3 Å². The zero-order valence-electron chi connectivity index (χ0n) is 13.5. The zero-order chi connectivity index (χ0) is 16.8. The fourth-order valence-corrected chi connectivity index (χ4v) is 2.35. The van der Waals surface area contributed by atoms with Crippen molar-refractivity contribution >= 4 is 23.2 Å². The fourth-order valence-electron chi connectivity index (χ4n) is 2.20. The summed E-state index contributed by atoms with van der Waals surface area (Å²) in [6.45, 7) is 3.84. The number of anilines is 1. The number of aryl methyl sites for hydroxylation is 2. The van der Waals surface area contributed by atoms with E-state index >= 15 is 0 Å². The van der Waals surface area contributed by atoms with Crippen LogP contribution in [0.15, 0.2) is 36.4 Å². The standard InChI is InChI=1S/C18H20ClNO3/c1-4-13-7-5-6-8-16(13)23-11-18(21)20-15-9-12(2)14(19)10-17(15)22-3/h5-10H,4,11H2,1-3H3,(H,20,21). The van der Waals surface area contributed by atoms with Crippen molar-refractivity contribution in [3.05, 3.63) is 52.5 Å². The van der Waals surface area contributed by atoms with Gasteiger partial charge < -0.3 is 14.8 Å². The van der Waals surface area contributed by atoms with Gasteiger partial charge in [-0.25, -0.2) is 0 Å². The second-order valence-corrected chi connectivity index (χ2v) is 5.51. The molecular weight excluding hydrogens is 314 g/mol. The number of carbonyl (C=O) groups excluding carboxylic acids is 1. The number of hydrogen-bond donors (Lipinski definition) is 1. The number of nitrogens with one attached hydrogen (secondary N) is 1. The van der Waals surface area contributed by atoms with E-state index in [-0.39, 0.29) is 12.5 Å². The van der Waals surface area contributed by atoms with E-state index < -0.39 is 0 Å². The molecule has 0 radical (unpaired) electrons. The lowest BCUT2D eigenvalue weighted by atomic mass is 10.1. The Morgan fingerprint density at radius 2 is 1.96 bits per heavy atom. The molecule has 1 N–H and O–H groups in total. The minimum absolute atomic E-state index is 0.0676. The summed E-state index contributed by atoms with van der Waals surface area (Å²) in [7, 11) is 1.53. The lowest BCUT2D eigenvalue weighted by molar-refractivity contribution is -0.118. The number of methoxy groups -OCH3 is 1. The van der Waals surface area contributed by atoms with E-state index in [9.17, 15) is 4.79 Å². The third-order valence-electron chi connectivity index (χ3n) is 3.47. The molecule has 2 aromatic carbocycles. The molecule has 5 heteroatoms. The molecule has 2 aromatic rings. The topological polar surface area (TPSA) is 47.6 Å². The number of rotatable bonds is 6. The number of para-hydroxylation sites is 1. The molecule has 4 nitrogen and oxygen atoms in total. The Morgan fingerprint density at radius 1 is 1.22 bits per heavy atom. The Morgan fingerprint density at radius 3 is 2.65 bits per heavy atom. The first-order valence-corrected chi connectivity index (χ1v) is 7.77. The van der Waals surface area contributed by atoms with Crippen molar-refractivity contribution in [2.45, 2.75) is 20.3 Å². The molecule has 1 amide bonds. The van der Waals surface area contributed by atoms with Crippen molar-refractivity contribution in [3.63, 3.8) is 0 Å². The summed E-state index contributed by atoms with van der Waals surface area (Å²) in [5, 5.41) is 3.38. The highest BCUT2D eigenvalue weighted by Crippen LogP contribution is 2.30. The van der Waals surface area contributed by atoms with Gasteiger partial charge >= 0.3 is 0 Å². The largest absolute Gasteiger partial charge is 0.495 e. The van der Waals surface area contributed by atoms with Crippen LogP contribution in [0.3, 0.4) is 0 Å². The van der Waals surface area contributed by atoms with Crippen LogP contribution in [-0.4, -0.2) is 19.6 Å². The second kappa shape index (κ2) is 7.88. The van der Waals surface area contributed by atoms with Gasteiger partial charge in [-0.05, 0) is 36.6 Å². The van der Waals surface area contributed by atoms with Crippen LogP contribution in [0.25, 0.3) is 0 Å². The number of amides is 1. The van der Waals surface area contributed by atoms with Crippen molar-refractivity contribution in [1.29, 1.82) is 0 Å². The molecule has 0 atom stereocenters. The summed E-state index contributed by atoms with van der Waals surface area (Å²) in [6, 6.07) is 11.1. The van der Waals surface area contributed by atoms with Crippen LogP contribution in [0.1, 0.15) is 18.1 Å². The number of halogens is 1. The first-order valence-electron chi connectivity index (χ1n) is 7.39. The van der Waals surface area contributed by atoms with Crippen LogP contribution < -0.4 is 14.8 Å². The van der Waals surface area contributed by atoms with Crippen molar-refractivity contribution < 1.29 is 14.3 Å². The minimum Gasteiger partial charge on any atom is -0.495 e. The second-order valence-electron chi connectivity index (χ2n) is 5.10. The minimum atomic E-state index is -0.254. The van der Waals surface area contributed by atoms with Gasteiger partial charge in [0.2, 0.25) is 0 Å². The molecule has 2 rings (SSSR count). The van der Waals surface area contributed by atoms with Gasteiger partial charge in [0.05, 0.1) is 12.8 Å². The van der Waals surface area contributed by atoms with Crippen LogP contribution in [-0.2, 0) is 11.2 Å². The van der Waals surface area contributed by atoms with Gasteiger partial charge in [-0.2, -0.15) is 0 Å². The molecular formula is C18H20ClNO3. The maximum absolute atomic E-state index is 12.1. The van der Waals surface area contributed by atoms with Crippen LogP contribution in [0.5, 0.6) is 11.5 Å². The molecule has 122 valence electrons. The highest BCUT2D eigenvalue weighted by atomic mass is 35.5. The summed E-state index contributed by atoms with van der Waals surface area (Å²) < 4.78 is 10.9. The number of ether oxygens (including phenoxy) is 2. The normalized spacial score (nSPS) is 10.3. The molecule has 0 aliphatic heterocycles. The Hall–Kier alpha value is -2.20. The van der Waals surface area contributed by atoms with Gasteiger partial charge in [-0.1, -0.05) is 36.7 Å². The molecule has 0 unspecified atom stereocenters. The molecule has 0 aromatic heterocycles. The van der Waals surface area contributed by atoms with Gasteiger partial charge in [0.15, 0.2) is 6.61 Å². The van der Waals surface area contributed by atoms with Crippen LogP contribution >= 0.6 is 11.6 Å². The van der Waals surface area contributed by atoms with Gasteiger partial charge in [0.25, 0.3) is 5.91 Å². The Balaban J connectivity index is 2.04. The van der Waals surface area contributed by atoms with Gasteiger partial charge in [0.1, 0.15) is 11.5 Å². The van der Waals surface area contributed by atoms with Gasteiger partial charge in [-0.15, -0.1) is 0 Å². The summed E-state index contributed by atoms with van der Waals surface area (Å²) in [4.78, 5) is 12.1. The molecule has 0 saturated carbocycles. The molecule has 23 heavy (non-hydrogen) atoms. The van der Waals surface area contributed by atoms with E-state index in [2.05, 4.69) is 5.32 Å². The smallest absolute Gasteiger partial charge is 0.262 e.